The first-order valence-electron chi connectivity index (χ1n) is 25.1. The molecule has 0 aliphatic carbocycles. The summed E-state index contributed by atoms with van der Waals surface area (Å²) in [6.45, 7) is 0. The van der Waals surface area contributed by atoms with E-state index in [0.717, 1.165) is 34.2 Å². The van der Waals surface area contributed by atoms with Crippen molar-refractivity contribution in [3.8, 4) is 34.2 Å². The molecule has 10 aromatic rings. The molecule has 0 aliphatic heterocycles. The third-order valence-electron chi connectivity index (χ3n) is 12.6. The fourth-order valence-electron chi connectivity index (χ4n) is 8.66. The first kappa shape index (κ1) is 73.4. The van der Waals surface area contributed by atoms with Crippen LogP contribution < -0.4 is 21.9 Å². The SMILES string of the molecule is FC(F)(F)c1cc([B-](c2cc(C(F)(F)F)cc(C(F)(F)F)c2)(c2cc(C(F)(F)F)cc(C(F)(F)F)c2)c2cc(C(F)(F)F)cc(C(F)(F)F)c2)cc(C(F)(F)F)c1.[Ru+2].c1cnc(-c2cnccn2)cn1.c1cnc(-c2cnccn2)cn1.c1cnc(-c2cnccn2)cn1. The first-order chi connectivity index (χ1) is 43.2. The third-order valence-corrected chi connectivity index (χ3v) is 12.6. The number of aromatic nitrogens is 12. The summed E-state index contributed by atoms with van der Waals surface area (Å²) in [5, 5.41) is 0. The van der Waals surface area contributed by atoms with E-state index in [2.05, 4.69) is 59.8 Å². The van der Waals surface area contributed by atoms with Crippen LogP contribution in [0.1, 0.15) is 44.5 Å². The molecule has 492 valence electrons. The molecule has 4 aromatic carbocycles. The smallest absolute Gasteiger partial charge is 0.261 e. The Balaban J connectivity index is 0.000000297. The van der Waals surface area contributed by atoms with E-state index in [1.807, 2.05) is 0 Å². The summed E-state index contributed by atoms with van der Waals surface area (Å²) in [7, 11) is 0. The van der Waals surface area contributed by atoms with Gasteiger partial charge >= 0.3 is 68.9 Å². The van der Waals surface area contributed by atoms with Gasteiger partial charge in [0, 0.05) is 74.4 Å². The maximum absolute atomic E-state index is 14.2. The molecule has 0 bridgehead atoms. The average molecular weight is 1440 g/mol. The molecule has 0 fully saturated rings. The summed E-state index contributed by atoms with van der Waals surface area (Å²) >= 11 is 0. The Hall–Kier alpha value is -9.63. The summed E-state index contributed by atoms with van der Waals surface area (Å²) in [4.78, 5) is 48.1. The van der Waals surface area contributed by atoms with Crippen molar-refractivity contribution in [3.63, 3.8) is 0 Å². The molecule has 94 heavy (non-hydrogen) atoms. The summed E-state index contributed by atoms with van der Waals surface area (Å²) in [5.74, 6) is 0. The van der Waals surface area contributed by atoms with Crippen molar-refractivity contribution < 1.29 is 125 Å². The van der Waals surface area contributed by atoms with Crippen molar-refractivity contribution in [2.24, 2.45) is 0 Å². The van der Waals surface area contributed by atoms with Gasteiger partial charge in [0.1, 0.15) is 40.3 Å². The molecule has 0 radical (unpaired) electrons. The maximum atomic E-state index is 14.2. The molecule has 12 nitrogen and oxygen atoms in total. The average Bonchev–Trinajstić information content (AvgIpc) is 0.709. The van der Waals surface area contributed by atoms with Gasteiger partial charge in [-0.2, -0.15) is 127 Å². The fourth-order valence-corrected chi connectivity index (χ4v) is 8.66. The van der Waals surface area contributed by atoms with Gasteiger partial charge in [-0.15, -0.1) is 0 Å². The van der Waals surface area contributed by atoms with Gasteiger partial charge in [-0.25, -0.2) is 0 Å². The van der Waals surface area contributed by atoms with Crippen molar-refractivity contribution in [3.05, 3.63) is 229 Å². The van der Waals surface area contributed by atoms with Crippen LogP contribution in [0.4, 0.5) is 105 Å². The molecule has 0 saturated heterocycles. The van der Waals surface area contributed by atoms with Crippen LogP contribution in [0.15, 0.2) is 184 Å². The number of halogens is 24. The standard InChI is InChI=1S/C32H12BF24.3C8H6N4.Ru/c34-25(35,36)13-1-14(26(37,38)39)6-21(5-13)33(22-7-15(27(40,41)42)2-16(8-22)28(43,44)45,23-9-17(29(46,47)48)3-18(10-23)30(49,50)51)24-11-19(31(52,53)54)4-20(12-24)32(55,56)57;3*1-3-11-7(5-9-1)8-6-10-2-4-12-8;/h1-12H;3*1-6H;/q-1;;;;+2. The van der Waals surface area contributed by atoms with Crippen LogP contribution >= 0.6 is 0 Å². The zero-order valence-corrected chi connectivity index (χ0v) is 47.4. The van der Waals surface area contributed by atoms with E-state index >= 15 is 0 Å². The van der Waals surface area contributed by atoms with Gasteiger partial charge < -0.3 is 0 Å². The fraction of sp³-hybridized carbons (Fsp3) is 0.143. The number of hydrogen-bond acceptors (Lipinski definition) is 12. The minimum atomic E-state index is -6.13. The van der Waals surface area contributed by atoms with Gasteiger partial charge in [-0.05, 0) is 24.3 Å². The number of rotatable bonds is 7. The zero-order chi connectivity index (χ0) is 68.6. The van der Waals surface area contributed by atoms with Crippen LogP contribution in [0.2, 0.25) is 0 Å². The molecule has 0 aliphatic rings. The Morgan fingerprint density at radius 3 is 0.415 bits per heavy atom. The summed E-state index contributed by atoms with van der Waals surface area (Å²) < 4.78 is 341. The van der Waals surface area contributed by atoms with Gasteiger partial charge in [0.05, 0.1) is 81.7 Å². The predicted octanol–water partition coefficient (Wildman–Crippen LogP) is 14.0. The van der Waals surface area contributed by atoms with Crippen LogP contribution in [0, 0.1) is 0 Å². The minimum Gasteiger partial charge on any atom is -0.261 e. The van der Waals surface area contributed by atoms with Crippen LogP contribution in [0.3, 0.4) is 0 Å². The van der Waals surface area contributed by atoms with E-state index in [1.54, 1.807) is 112 Å². The van der Waals surface area contributed by atoms with E-state index in [1.165, 1.54) is 0 Å². The normalized spacial score (nSPS) is 12.4. The zero-order valence-electron chi connectivity index (χ0n) is 45.7. The Labute approximate surface area is 523 Å². The van der Waals surface area contributed by atoms with E-state index in [9.17, 15) is 105 Å². The van der Waals surface area contributed by atoms with Gasteiger partial charge in [-0.3, -0.25) is 59.8 Å². The van der Waals surface area contributed by atoms with Crippen molar-refractivity contribution >= 4 is 28.0 Å². The maximum Gasteiger partial charge on any atom is 2.00 e. The quantitative estimate of drug-likeness (QED) is 0.110. The van der Waals surface area contributed by atoms with Crippen molar-refractivity contribution in [2.75, 3.05) is 0 Å². The van der Waals surface area contributed by atoms with Crippen LogP contribution in [-0.4, -0.2) is 66.0 Å². The van der Waals surface area contributed by atoms with Gasteiger partial charge in [0.25, 0.3) is 0 Å². The Kier molecular flexibility index (Phi) is 22.4. The molecule has 0 N–H and O–H groups in total. The molecule has 6 heterocycles. The third kappa shape index (κ3) is 18.8. The molecule has 0 unspecified atom stereocenters. The molecule has 0 saturated carbocycles. The van der Waals surface area contributed by atoms with E-state index in [4.69, 9.17) is 0 Å². The summed E-state index contributed by atoms with van der Waals surface area (Å²) in [6, 6.07) is -8.81. The molecule has 38 heteroatoms. The molecule has 6 aromatic heterocycles. The predicted molar refractivity (Wildman–Crippen MR) is 279 cm³/mol. The molecular formula is C56H30BF24N12Ru+. The minimum absolute atomic E-state index is 0. The molecule has 10 rings (SSSR count). The number of hydrogen-bond donors (Lipinski definition) is 0. The summed E-state index contributed by atoms with van der Waals surface area (Å²) in [6.07, 6.45) is -25.3. The number of alkyl halides is 24. The van der Waals surface area contributed by atoms with Crippen LogP contribution in [0.5, 0.6) is 0 Å². The van der Waals surface area contributed by atoms with Crippen LogP contribution in [0.25, 0.3) is 34.2 Å². The number of nitrogens with zero attached hydrogens (tertiary/aromatic N) is 12. The van der Waals surface area contributed by atoms with Gasteiger partial charge in [0.15, 0.2) is 0 Å². The van der Waals surface area contributed by atoms with Crippen molar-refractivity contribution in [1.29, 1.82) is 0 Å². The van der Waals surface area contributed by atoms with Crippen molar-refractivity contribution in [1.82, 2.24) is 59.8 Å². The van der Waals surface area contributed by atoms with Gasteiger partial charge in [-0.1, -0.05) is 48.5 Å². The largest absolute Gasteiger partial charge is 2.00 e. The topological polar surface area (TPSA) is 155 Å². The van der Waals surface area contributed by atoms with Crippen molar-refractivity contribution in [2.45, 2.75) is 49.4 Å². The Morgan fingerprint density at radius 1 is 0.191 bits per heavy atom. The Bertz CT molecular complexity index is 3370. The summed E-state index contributed by atoms with van der Waals surface area (Å²) in [5.41, 5.74) is -25.8. The van der Waals surface area contributed by atoms with E-state index in [-0.39, 0.29) is 19.5 Å². The second kappa shape index (κ2) is 28.7. The molecule has 0 atom stereocenters. The number of benzene rings is 4. The monoisotopic (exact) mass is 1440 g/mol. The van der Waals surface area contributed by atoms with E-state index in [0.29, 0.717) is 0 Å². The Morgan fingerprint density at radius 2 is 0.319 bits per heavy atom. The van der Waals surface area contributed by atoms with E-state index < -0.39 is 195 Å². The van der Waals surface area contributed by atoms with Crippen LogP contribution in [-0.2, 0) is 68.9 Å². The molecule has 0 amide bonds. The second-order valence-corrected chi connectivity index (χ2v) is 18.8. The molecule has 0 spiro atoms. The first-order valence-corrected chi connectivity index (χ1v) is 25.1. The second-order valence-electron chi connectivity index (χ2n) is 18.8. The van der Waals surface area contributed by atoms with Gasteiger partial charge in [0.2, 0.25) is 0 Å². The molecular weight excluding hydrogens is 1410 g/mol.